The summed E-state index contributed by atoms with van der Waals surface area (Å²) >= 11 is 1.85. The van der Waals surface area contributed by atoms with Crippen molar-refractivity contribution in [2.24, 2.45) is 5.73 Å². The lowest BCUT2D eigenvalue weighted by Crippen LogP contribution is -2.37. The molecule has 16 heavy (non-hydrogen) atoms. The number of thioether (sulfide) groups is 1. The largest absolute Gasteiger partial charge is 0.329 e. The number of rotatable bonds is 4. The molecule has 0 spiro atoms. The molecule has 1 unspecified atom stereocenters. The molecule has 1 atom stereocenters. The van der Waals surface area contributed by atoms with Crippen molar-refractivity contribution in [3.05, 3.63) is 0 Å². The number of hydrogen-bond donors (Lipinski definition) is 1. The van der Waals surface area contributed by atoms with Crippen LogP contribution in [0.1, 0.15) is 40.0 Å². The van der Waals surface area contributed by atoms with Gasteiger partial charge in [0.1, 0.15) is 0 Å². The lowest BCUT2D eigenvalue weighted by molar-refractivity contribution is 0.525. The molecule has 0 saturated carbocycles. The fraction of sp³-hybridized carbons (Fsp3) is 1.00. The Morgan fingerprint density at radius 1 is 1.38 bits per heavy atom. The zero-order valence-electron chi connectivity index (χ0n) is 10.5. The van der Waals surface area contributed by atoms with Gasteiger partial charge < -0.3 is 5.73 Å². The molecular weight excluding hydrogens is 242 g/mol. The molecule has 1 rings (SSSR count). The van der Waals surface area contributed by atoms with Gasteiger partial charge >= 0.3 is 0 Å². The third-order valence-electron chi connectivity index (χ3n) is 3.32. The van der Waals surface area contributed by atoms with E-state index in [4.69, 9.17) is 5.73 Å². The first-order valence-corrected chi connectivity index (χ1v) is 8.43. The highest BCUT2D eigenvalue weighted by Gasteiger charge is 2.37. The lowest BCUT2D eigenvalue weighted by atomic mass is 10.0. The molecule has 0 aromatic rings. The minimum atomic E-state index is -3.00. The van der Waals surface area contributed by atoms with Crippen molar-refractivity contribution in [3.63, 3.8) is 0 Å². The maximum Gasteiger partial charge on any atom is 0.155 e. The molecule has 2 N–H and O–H groups in total. The van der Waals surface area contributed by atoms with Crippen molar-refractivity contribution in [2.45, 2.75) is 49.5 Å². The summed E-state index contributed by atoms with van der Waals surface area (Å²) in [5.41, 5.74) is 5.79. The molecule has 5 heteroatoms. The number of sulfone groups is 1. The highest BCUT2D eigenvalue weighted by Crippen LogP contribution is 2.40. The molecule has 0 aromatic carbocycles. The van der Waals surface area contributed by atoms with Crippen LogP contribution in [0.5, 0.6) is 0 Å². The van der Waals surface area contributed by atoms with E-state index >= 15 is 0 Å². The van der Waals surface area contributed by atoms with Gasteiger partial charge in [0.05, 0.1) is 10.5 Å². The summed E-state index contributed by atoms with van der Waals surface area (Å²) in [5, 5.41) is 0. The fourth-order valence-corrected chi connectivity index (χ4v) is 4.62. The summed E-state index contributed by atoms with van der Waals surface area (Å²) in [6, 6.07) is 0. The van der Waals surface area contributed by atoms with E-state index in [9.17, 15) is 8.42 Å². The average Bonchev–Trinajstić information content (AvgIpc) is 2.62. The maximum atomic E-state index is 12.0. The van der Waals surface area contributed by atoms with E-state index in [2.05, 4.69) is 0 Å². The molecule has 3 nitrogen and oxygen atoms in total. The number of hydrogen-bond acceptors (Lipinski definition) is 4. The van der Waals surface area contributed by atoms with Crippen LogP contribution < -0.4 is 5.73 Å². The Hall–Kier alpha value is 0.260. The SMILES string of the molecule is CC(C)(C)S(=O)(=O)CCC1(CN)CCCS1. The zero-order chi connectivity index (χ0) is 12.4. The van der Waals surface area contributed by atoms with E-state index in [1.54, 1.807) is 20.8 Å². The topological polar surface area (TPSA) is 60.2 Å². The highest BCUT2D eigenvalue weighted by atomic mass is 32.2. The molecule has 1 saturated heterocycles. The summed E-state index contributed by atoms with van der Waals surface area (Å²) < 4.78 is 23.4. The summed E-state index contributed by atoms with van der Waals surface area (Å²) in [4.78, 5) is 0. The van der Waals surface area contributed by atoms with Crippen molar-refractivity contribution in [3.8, 4) is 0 Å². The van der Waals surface area contributed by atoms with Gasteiger partial charge in [0, 0.05) is 11.3 Å². The van der Waals surface area contributed by atoms with Gasteiger partial charge in [0.2, 0.25) is 0 Å². The Kier molecular flexibility index (Phi) is 4.35. The molecule has 1 fully saturated rings. The first-order chi connectivity index (χ1) is 7.22. The summed E-state index contributed by atoms with van der Waals surface area (Å²) in [6.07, 6.45) is 2.93. The second-order valence-corrected chi connectivity index (χ2v) is 9.95. The van der Waals surface area contributed by atoms with Crippen molar-refractivity contribution < 1.29 is 8.42 Å². The second-order valence-electron chi connectivity index (χ2n) is 5.52. The van der Waals surface area contributed by atoms with Gasteiger partial charge in [0.25, 0.3) is 0 Å². The molecule has 96 valence electrons. The molecule has 0 amide bonds. The third-order valence-corrected chi connectivity index (χ3v) is 7.60. The third kappa shape index (κ3) is 3.14. The quantitative estimate of drug-likeness (QED) is 0.842. The highest BCUT2D eigenvalue weighted by molar-refractivity contribution is 8.01. The van der Waals surface area contributed by atoms with E-state index in [0.29, 0.717) is 13.0 Å². The summed E-state index contributed by atoms with van der Waals surface area (Å²) in [6.45, 7) is 5.88. The summed E-state index contributed by atoms with van der Waals surface area (Å²) in [5.74, 6) is 1.38. The van der Waals surface area contributed by atoms with Gasteiger partial charge in [-0.05, 0) is 45.8 Å². The maximum absolute atomic E-state index is 12.0. The van der Waals surface area contributed by atoms with Crippen LogP contribution in [0.3, 0.4) is 0 Å². The Labute approximate surface area is 103 Å². The van der Waals surface area contributed by atoms with Crippen molar-refractivity contribution in [1.29, 1.82) is 0 Å². The molecule has 1 aliphatic rings. The van der Waals surface area contributed by atoms with Crippen LogP contribution in [-0.2, 0) is 9.84 Å². The standard InChI is InChI=1S/C11H23NO2S2/c1-10(2,3)16(13,14)8-6-11(9-12)5-4-7-15-11/h4-9,12H2,1-3H3. The van der Waals surface area contributed by atoms with Crippen LogP contribution in [0.15, 0.2) is 0 Å². The van der Waals surface area contributed by atoms with Gasteiger partial charge in [0.15, 0.2) is 9.84 Å². The lowest BCUT2D eigenvalue weighted by Gasteiger charge is -2.28. The molecule has 0 aliphatic carbocycles. The van der Waals surface area contributed by atoms with E-state index in [-0.39, 0.29) is 10.5 Å². The smallest absolute Gasteiger partial charge is 0.155 e. The summed E-state index contributed by atoms with van der Waals surface area (Å²) in [7, 11) is -3.00. The Morgan fingerprint density at radius 3 is 2.38 bits per heavy atom. The Balaban J connectivity index is 2.64. The molecule has 1 heterocycles. The molecular formula is C11H23NO2S2. The van der Waals surface area contributed by atoms with Crippen molar-refractivity contribution in [2.75, 3.05) is 18.1 Å². The second kappa shape index (κ2) is 4.86. The first-order valence-electron chi connectivity index (χ1n) is 5.79. The monoisotopic (exact) mass is 265 g/mol. The predicted molar refractivity (Wildman–Crippen MR) is 71.6 cm³/mol. The fourth-order valence-electron chi connectivity index (χ4n) is 1.84. The van der Waals surface area contributed by atoms with Crippen LogP contribution in [0.4, 0.5) is 0 Å². The van der Waals surface area contributed by atoms with Gasteiger partial charge in [-0.25, -0.2) is 8.42 Å². The molecule has 1 aliphatic heterocycles. The van der Waals surface area contributed by atoms with E-state index in [1.165, 1.54) is 0 Å². The van der Waals surface area contributed by atoms with Gasteiger partial charge in [-0.2, -0.15) is 11.8 Å². The minimum absolute atomic E-state index is 0.0261. The minimum Gasteiger partial charge on any atom is -0.329 e. The number of nitrogens with two attached hydrogens (primary N) is 1. The Morgan fingerprint density at radius 2 is 2.00 bits per heavy atom. The zero-order valence-corrected chi connectivity index (χ0v) is 12.1. The van der Waals surface area contributed by atoms with Crippen LogP contribution in [0, 0.1) is 0 Å². The van der Waals surface area contributed by atoms with E-state index in [1.807, 2.05) is 11.8 Å². The Bertz CT molecular complexity index is 324. The first kappa shape index (κ1) is 14.3. The van der Waals surface area contributed by atoms with E-state index < -0.39 is 14.6 Å². The van der Waals surface area contributed by atoms with Gasteiger partial charge in [-0.1, -0.05) is 0 Å². The molecule has 0 bridgehead atoms. The van der Waals surface area contributed by atoms with Crippen LogP contribution in [0.25, 0.3) is 0 Å². The molecule has 0 radical (unpaired) electrons. The van der Waals surface area contributed by atoms with Crippen molar-refractivity contribution in [1.82, 2.24) is 0 Å². The van der Waals surface area contributed by atoms with Gasteiger partial charge in [-0.3, -0.25) is 0 Å². The van der Waals surface area contributed by atoms with Crippen LogP contribution in [0.2, 0.25) is 0 Å². The van der Waals surface area contributed by atoms with Crippen molar-refractivity contribution >= 4 is 21.6 Å². The van der Waals surface area contributed by atoms with Crippen LogP contribution >= 0.6 is 11.8 Å². The molecule has 0 aromatic heterocycles. The van der Waals surface area contributed by atoms with E-state index in [0.717, 1.165) is 18.6 Å². The van der Waals surface area contributed by atoms with Gasteiger partial charge in [-0.15, -0.1) is 0 Å². The average molecular weight is 265 g/mol. The predicted octanol–water partition coefficient (Wildman–Crippen LogP) is 1.81. The normalized spacial score (nSPS) is 27.2. The van der Waals surface area contributed by atoms with Crippen LogP contribution in [-0.4, -0.2) is 36.0 Å².